The summed E-state index contributed by atoms with van der Waals surface area (Å²) in [5.41, 5.74) is 8.05. The molecule has 0 aliphatic carbocycles. The SMILES string of the molecule is NCC(OCCCc1ccncc1)c1cccnc1. The number of aryl methyl sites for hydroxylation is 1. The van der Waals surface area contributed by atoms with Gasteiger partial charge in [0.15, 0.2) is 0 Å². The quantitative estimate of drug-likeness (QED) is 0.772. The van der Waals surface area contributed by atoms with Crippen molar-refractivity contribution < 1.29 is 4.74 Å². The third-order valence-corrected chi connectivity index (χ3v) is 2.95. The zero-order valence-corrected chi connectivity index (χ0v) is 10.9. The van der Waals surface area contributed by atoms with Crippen LogP contribution in [-0.2, 0) is 11.2 Å². The van der Waals surface area contributed by atoms with Crippen molar-refractivity contribution in [2.24, 2.45) is 5.73 Å². The van der Waals surface area contributed by atoms with Gasteiger partial charge in [-0.2, -0.15) is 0 Å². The van der Waals surface area contributed by atoms with E-state index >= 15 is 0 Å². The van der Waals surface area contributed by atoms with Gasteiger partial charge < -0.3 is 10.5 Å². The first-order valence-corrected chi connectivity index (χ1v) is 6.50. The van der Waals surface area contributed by atoms with Gasteiger partial charge in [0.05, 0.1) is 6.10 Å². The molecule has 2 aromatic rings. The lowest BCUT2D eigenvalue weighted by atomic mass is 10.1. The molecule has 0 aliphatic heterocycles. The molecule has 2 N–H and O–H groups in total. The second-order valence-electron chi connectivity index (χ2n) is 4.34. The Kier molecular flexibility index (Phi) is 5.47. The van der Waals surface area contributed by atoms with Gasteiger partial charge in [-0.25, -0.2) is 0 Å². The van der Waals surface area contributed by atoms with Gasteiger partial charge in [-0.05, 0) is 36.6 Å². The van der Waals surface area contributed by atoms with E-state index in [1.54, 1.807) is 12.4 Å². The number of hydrogen-bond donors (Lipinski definition) is 1. The Balaban J connectivity index is 1.75. The number of aromatic nitrogens is 2. The Bertz CT molecular complexity index is 461. The molecule has 0 radical (unpaired) electrons. The number of nitrogens with zero attached hydrogens (tertiary/aromatic N) is 2. The van der Waals surface area contributed by atoms with E-state index in [1.807, 2.05) is 36.7 Å². The molecule has 0 saturated heterocycles. The molecule has 0 amide bonds. The summed E-state index contributed by atoms with van der Waals surface area (Å²) in [5.74, 6) is 0. The summed E-state index contributed by atoms with van der Waals surface area (Å²) in [6.45, 7) is 1.17. The van der Waals surface area contributed by atoms with Gasteiger partial charge in [0.25, 0.3) is 0 Å². The van der Waals surface area contributed by atoms with Gasteiger partial charge in [-0.15, -0.1) is 0 Å². The highest BCUT2D eigenvalue weighted by molar-refractivity contribution is 5.12. The van der Waals surface area contributed by atoms with Crippen LogP contribution in [0.15, 0.2) is 49.1 Å². The maximum absolute atomic E-state index is 5.82. The molecule has 2 heterocycles. The van der Waals surface area contributed by atoms with Crippen LogP contribution in [0.2, 0.25) is 0 Å². The van der Waals surface area contributed by atoms with Crippen LogP contribution in [0, 0.1) is 0 Å². The van der Waals surface area contributed by atoms with Crippen LogP contribution in [0.4, 0.5) is 0 Å². The van der Waals surface area contributed by atoms with Crippen molar-refractivity contribution in [1.82, 2.24) is 9.97 Å². The lowest BCUT2D eigenvalue weighted by molar-refractivity contribution is 0.0569. The molecular formula is C15H19N3O. The second kappa shape index (κ2) is 7.61. The Hall–Kier alpha value is -1.78. The van der Waals surface area contributed by atoms with Crippen LogP contribution >= 0.6 is 0 Å². The highest BCUT2D eigenvalue weighted by atomic mass is 16.5. The van der Waals surface area contributed by atoms with Gasteiger partial charge in [0, 0.05) is 43.5 Å². The molecule has 1 atom stereocenters. The average Bonchev–Trinajstić information content (AvgIpc) is 2.49. The molecule has 100 valence electrons. The highest BCUT2D eigenvalue weighted by Gasteiger charge is 2.09. The first-order chi connectivity index (χ1) is 9.40. The van der Waals surface area contributed by atoms with Gasteiger partial charge in [0.2, 0.25) is 0 Å². The number of pyridine rings is 2. The van der Waals surface area contributed by atoms with E-state index in [1.165, 1.54) is 5.56 Å². The molecule has 19 heavy (non-hydrogen) atoms. The minimum atomic E-state index is -0.0638. The van der Waals surface area contributed by atoms with Crippen molar-refractivity contribution in [3.8, 4) is 0 Å². The Morgan fingerprint density at radius 3 is 2.63 bits per heavy atom. The summed E-state index contributed by atoms with van der Waals surface area (Å²) in [5, 5.41) is 0. The smallest absolute Gasteiger partial charge is 0.0961 e. The molecule has 2 rings (SSSR count). The van der Waals surface area contributed by atoms with Crippen LogP contribution in [0.25, 0.3) is 0 Å². The predicted molar refractivity (Wildman–Crippen MR) is 74.5 cm³/mol. The van der Waals surface area contributed by atoms with Crippen molar-refractivity contribution in [2.45, 2.75) is 18.9 Å². The largest absolute Gasteiger partial charge is 0.372 e. The standard InChI is InChI=1S/C15H19N3O/c16-11-15(14-4-1-7-18-12-14)19-10-2-3-13-5-8-17-9-6-13/h1,4-9,12,15H,2-3,10-11,16H2. The monoisotopic (exact) mass is 257 g/mol. The Morgan fingerprint density at radius 2 is 1.95 bits per heavy atom. The topological polar surface area (TPSA) is 61.0 Å². The van der Waals surface area contributed by atoms with Crippen LogP contribution < -0.4 is 5.73 Å². The maximum Gasteiger partial charge on any atom is 0.0961 e. The van der Waals surface area contributed by atoms with E-state index in [0.29, 0.717) is 13.2 Å². The van der Waals surface area contributed by atoms with Crippen molar-refractivity contribution in [3.63, 3.8) is 0 Å². The fourth-order valence-electron chi connectivity index (χ4n) is 1.92. The highest BCUT2D eigenvalue weighted by Crippen LogP contribution is 2.15. The molecule has 0 saturated carbocycles. The van der Waals surface area contributed by atoms with Gasteiger partial charge >= 0.3 is 0 Å². The molecule has 4 nitrogen and oxygen atoms in total. The molecule has 1 unspecified atom stereocenters. The zero-order valence-electron chi connectivity index (χ0n) is 10.9. The first-order valence-electron chi connectivity index (χ1n) is 6.50. The normalized spacial score (nSPS) is 12.3. The Labute approximate surface area is 113 Å². The van der Waals surface area contributed by atoms with Crippen LogP contribution in [-0.4, -0.2) is 23.1 Å². The van der Waals surface area contributed by atoms with E-state index in [-0.39, 0.29) is 6.10 Å². The number of rotatable bonds is 7. The van der Waals surface area contributed by atoms with E-state index in [4.69, 9.17) is 10.5 Å². The van der Waals surface area contributed by atoms with Crippen molar-refractivity contribution in [2.75, 3.05) is 13.2 Å². The van der Waals surface area contributed by atoms with E-state index in [2.05, 4.69) is 9.97 Å². The summed E-state index contributed by atoms with van der Waals surface area (Å²) >= 11 is 0. The van der Waals surface area contributed by atoms with Gasteiger partial charge in [-0.1, -0.05) is 6.07 Å². The van der Waals surface area contributed by atoms with Crippen molar-refractivity contribution in [1.29, 1.82) is 0 Å². The summed E-state index contributed by atoms with van der Waals surface area (Å²) in [6.07, 6.45) is 9.09. The van der Waals surface area contributed by atoms with Gasteiger partial charge in [0.1, 0.15) is 0 Å². The minimum absolute atomic E-state index is 0.0638. The molecule has 0 aliphatic rings. The summed E-state index contributed by atoms with van der Waals surface area (Å²) in [6, 6.07) is 7.95. The second-order valence-corrected chi connectivity index (χ2v) is 4.34. The van der Waals surface area contributed by atoms with Crippen molar-refractivity contribution in [3.05, 3.63) is 60.2 Å². The minimum Gasteiger partial charge on any atom is -0.372 e. The number of nitrogens with two attached hydrogens (primary N) is 1. The fraction of sp³-hybridized carbons (Fsp3) is 0.333. The third-order valence-electron chi connectivity index (χ3n) is 2.95. The predicted octanol–water partition coefficient (Wildman–Crippen LogP) is 2.13. The lowest BCUT2D eigenvalue weighted by Gasteiger charge is -2.15. The molecule has 0 spiro atoms. The Morgan fingerprint density at radius 1 is 1.11 bits per heavy atom. The first kappa shape index (κ1) is 13.6. The van der Waals surface area contributed by atoms with E-state index < -0.39 is 0 Å². The molecule has 4 heteroatoms. The van der Waals surface area contributed by atoms with Gasteiger partial charge in [-0.3, -0.25) is 9.97 Å². The summed E-state index contributed by atoms with van der Waals surface area (Å²) < 4.78 is 5.82. The number of ether oxygens (including phenoxy) is 1. The van der Waals surface area contributed by atoms with Crippen molar-refractivity contribution >= 4 is 0 Å². The third kappa shape index (κ3) is 4.43. The fourth-order valence-corrected chi connectivity index (χ4v) is 1.92. The average molecular weight is 257 g/mol. The van der Waals surface area contributed by atoms with E-state index in [0.717, 1.165) is 18.4 Å². The molecule has 2 aromatic heterocycles. The van der Waals surface area contributed by atoms with Crippen LogP contribution in [0.5, 0.6) is 0 Å². The van der Waals surface area contributed by atoms with Crippen LogP contribution in [0.1, 0.15) is 23.7 Å². The summed E-state index contributed by atoms with van der Waals surface area (Å²) in [4.78, 5) is 8.09. The molecule has 0 fully saturated rings. The van der Waals surface area contributed by atoms with Crippen LogP contribution in [0.3, 0.4) is 0 Å². The molecule has 0 bridgehead atoms. The lowest BCUT2D eigenvalue weighted by Crippen LogP contribution is -2.16. The number of hydrogen-bond acceptors (Lipinski definition) is 4. The maximum atomic E-state index is 5.82. The molecule has 0 aromatic carbocycles. The molecular weight excluding hydrogens is 238 g/mol. The zero-order chi connectivity index (χ0) is 13.3. The van der Waals surface area contributed by atoms with E-state index in [9.17, 15) is 0 Å². The summed E-state index contributed by atoms with van der Waals surface area (Å²) in [7, 11) is 0.